The largest absolute Gasteiger partial charge is 0.480 e. The Kier molecular flexibility index (Phi) is 3.87. The Morgan fingerprint density at radius 3 is 2.33 bits per heavy atom. The number of likely N-dealkylation sites (tertiary alicyclic amines) is 1. The first-order chi connectivity index (χ1) is 8.49. The number of aliphatic carboxylic acids is 1. The lowest BCUT2D eigenvalue weighted by molar-refractivity contribution is -0.150. The zero-order valence-corrected chi connectivity index (χ0v) is 10.3. The van der Waals surface area contributed by atoms with Crippen LogP contribution in [0.25, 0.3) is 0 Å². The number of hydrogen-bond acceptors (Lipinski definition) is 4. The average Bonchev–Trinajstić information content (AvgIpc) is 2.71. The number of amides is 1. The molecule has 6 nitrogen and oxygen atoms in total. The number of nitrogens with two attached hydrogens (primary N) is 1. The molecule has 0 aromatic carbocycles. The Morgan fingerprint density at radius 1 is 1.17 bits per heavy atom. The zero-order chi connectivity index (χ0) is 13.3. The van der Waals surface area contributed by atoms with E-state index in [1.165, 1.54) is 4.90 Å². The number of carbonyl (C=O) groups excluding carboxylic acids is 1. The van der Waals surface area contributed by atoms with Crippen molar-refractivity contribution in [2.75, 3.05) is 6.54 Å². The number of aliphatic hydroxyl groups excluding tert-OH is 1. The van der Waals surface area contributed by atoms with Gasteiger partial charge < -0.3 is 20.8 Å². The fraction of sp³-hybridized carbons (Fsp3) is 0.833. The molecular weight excluding hydrogens is 236 g/mol. The molecule has 102 valence electrons. The third kappa shape index (κ3) is 2.64. The number of carboxylic acids is 1. The molecule has 0 aromatic heterocycles. The van der Waals surface area contributed by atoms with E-state index in [9.17, 15) is 14.7 Å². The minimum Gasteiger partial charge on any atom is -0.480 e. The van der Waals surface area contributed by atoms with Gasteiger partial charge in [-0.15, -0.1) is 0 Å². The molecule has 0 radical (unpaired) electrons. The molecule has 6 heteroatoms. The normalized spacial score (nSPS) is 36.7. The van der Waals surface area contributed by atoms with Crippen molar-refractivity contribution in [2.24, 2.45) is 11.7 Å². The number of nitrogens with zero attached hydrogens (tertiary/aromatic N) is 1. The first-order valence-electron chi connectivity index (χ1n) is 6.46. The number of carbonyl (C=O) groups is 2. The summed E-state index contributed by atoms with van der Waals surface area (Å²) in [6.45, 7) is 0.137. The van der Waals surface area contributed by atoms with Crippen LogP contribution in [-0.4, -0.2) is 51.7 Å². The van der Waals surface area contributed by atoms with Crippen molar-refractivity contribution < 1.29 is 19.8 Å². The van der Waals surface area contributed by atoms with Gasteiger partial charge in [0.15, 0.2) is 0 Å². The highest BCUT2D eigenvalue weighted by Crippen LogP contribution is 2.28. The molecule has 0 spiro atoms. The van der Waals surface area contributed by atoms with Gasteiger partial charge in [0.2, 0.25) is 5.91 Å². The summed E-state index contributed by atoms with van der Waals surface area (Å²) in [6.07, 6.45) is 2.47. The first kappa shape index (κ1) is 13.3. The van der Waals surface area contributed by atoms with Crippen molar-refractivity contribution in [3.63, 3.8) is 0 Å². The highest BCUT2D eigenvalue weighted by molar-refractivity contribution is 5.85. The maximum Gasteiger partial charge on any atom is 0.326 e. The predicted molar refractivity (Wildman–Crippen MR) is 63.7 cm³/mol. The molecule has 1 amide bonds. The third-order valence-electron chi connectivity index (χ3n) is 3.97. The van der Waals surface area contributed by atoms with Gasteiger partial charge in [0, 0.05) is 24.9 Å². The van der Waals surface area contributed by atoms with Crippen LogP contribution in [0.4, 0.5) is 0 Å². The molecule has 2 rings (SSSR count). The van der Waals surface area contributed by atoms with Crippen LogP contribution < -0.4 is 5.73 Å². The van der Waals surface area contributed by atoms with Crippen molar-refractivity contribution in [3.8, 4) is 0 Å². The molecule has 2 atom stereocenters. The Labute approximate surface area is 106 Å². The molecule has 1 saturated carbocycles. The number of β-amino-alcohol motifs (C(OH)–C–C–N with tert-alkyl or cyclic N) is 1. The molecule has 1 heterocycles. The monoisotopic (exact) mass is 256 g/mol. The first-order valence-corrected chi connectivity index (χ1v) is 6.46. The van der Waals surface area contributed by atoms with E-state index in [2.05, 4.69) is 0 Å². The Morgan fingerprint density at radius 2 is 1.78 bits per heavy atom. The molecule has 0 bridgehead atoms. The standard InChI is InChI=1S/C12H20N2O4/c13-8-3-1-7(2-4-8)11(16)14-6-9(15)5-10(14)12(17)18/h7-10,15H,1-6,13H2,(H,17,18)/t7?,8?,9-,10-/m1/s1. The van der Waals surface area contributed by atoms with Crippen LogP contribution in [0.15, 0.2) is 0 Å². The summed E-state index contributed by atoms with van der Waals surface area (Å²) in [5.74, 6) is -1.30. The zero-order valence-electron chi connectivity index (χ0n) is 10.3. The summed E-state index contributed by atoms with van der Waals surface area (Å²) in [5.41, 5.74) is 5.79. The van der Waals surface area contributed by atoms with Gasteiger partial charge in [0.1, 0.15) is 6.04 Å². The van der Waals surface area contributed by atoms with Crippen LogP contribution in [0.3, 0.4) is 0 Å². The second-order valence-corrected chi connectivity index (χ2v) is 5.35. The van der Waals surface area contributed by atoms with Crippen molar-refractivity contribution in [2.45, 2.75) is 50.3 Å². The molecule has 1 aliphatic heterocycles. The molecule has 1 saturated heterocycles. The van der Waals surface area contributed by atoms with E-state index < -0.39 is 18.1 Å². The van der Waals surface area contributed by atoms with E-state index in [0.717, 1.165) is 25.7 Å². The lowest BCUT2D eigenvalue weighted by Gasteiger charge is -2.30. The fourth-order valence-electron chi connectivity index (χ4n) is 2.89. The maximum absolute atomic E-state index is 12.3. The molecule has 4 N–H and O–H groups in total. The summed E-state index contributed by atoms with van der Waals surface area (Å²) in [4.78, 5) is 24.7. The van der Waals surface area contributed by atoms with E-state index in [-0.39, 0.29) is 30.8 Å². The summed E-state index contributed by atoms with van der Waals surface area (Å²) in [7, 11) is 0. The van der Waals surface area contributed by atoms with Gasteiger partial charge in [-0.1, -0.05) is 0 Å². The van der Waals surface area contributed by atoms with Crippen LogP contribution in [0.2, 0.25) is 0 Å². The van der Waals surface area contributed by atoms with Crippen LogP contribution in [0.5, 0.6) is 0 Å². The summed E-state index contributed by atoms with van der Waals surface area (Å²) in [6, 6.07) is -0.711. The van der Waals surface area contributed by atoms with Gasteiger partial charge in [-0.25, -0.2) is 4.79 Å². The van der Waals surface area contributed by atoms with Gasteiger partial charge >= 0.3 is 5.97 Å². The fourth-order valence-corrected chi connectivity index (χ4v) is 2.89. The topological polar surface area (TPSA) is 104 Å². The van der Waals surface area contributed by atoms with Crippen molar-refractivity contribution >= 4 is 11.9 Å². The third-order valence-corrected chi connectivity index (χ3v) is 3.97. The number of hydrogen-bond donors (Lipinski definition) is 3. The van der Waals surface area contributed by atoms with E-state index in [1.807, 2.05) is 0 Å². The minimum absolute atomic E-state index is 0.128. The quantitative estimate of drug-likeness (QED) is 0.621. The molecule has 0 unspecified atom stereocenters. The Balaban J connectivity index is 2.01. The molecule has 18 heavy (non-hydrogen) atoms. The molecular formula is C12H20N2O4. The van der Waals surface area contributed by atoms with Crippen LogP contribution in [0, 0.1) is 5.92 Å². The Hall–Kier alpha value is -1.14. The summed E-state index contributed by atoms with van der Waals surface area (Å²) < 4.78 is 0. The number of carboxylic acid groups (broad SMARTS) is 1. The SMILES string of the molecule is NC1CCC(C(=O)N2C[C@H](O)C[C@@H]2C(=O)O)CC1. The average molecular weight is 256 g/mol. The lowest BCUT2D eigenvalue weighted by atomic mass is 9.85. The Bertz CT molecular complexity index is 339. The maximum atomic E-state index is 12.3. The molecule has 1 aliphatic carbocycles. The van der Waals surface area contributed by atoms with Crippen molar-refractivity contribution in [1.29, 1.82) is 0 Å². The van der Waals surface area contributed by atoms with Crippen molar-refractivity contribution in [1.82, 2.24) is 4.90 Å². The van der Waals surface area contributed by atoms with E-state index in [4.69, 9.17) is 10.8 Å². The highest BCUT2D eigenvalue weighted by Gasteiger charge is 2.41. The van der Waals surface area contributed by atoms with E-state index in [0.29, 0.717) is 0 Å². The van der Waals surface area contributed by atoms with E-state index >= 15 is 0 Å². The highest BCUT2D eigenvalue weighted by atomic mass is 16.4. The van der Waals surface area contributed by atoms with E-state index in [1.54, 1.807) is 0 Å². The molecule has 2 aliphatic rings. The van der Waals surface area contributed by atoms with Gasteiger partial charge in [-0.3, -0.25) is 4.79 Å². The second kappa shape index (κ2) is 5.24. The summed E-state index contributed by atoms with van der Waals surface area (Å²) >= 11 is 0. The smallest absolute Gasteiger partial charge is 0.326 e. The van der Waals surface area contributed by atoms with Gasteiger partial charge in [-0.2, -0.15) is 0 Å². The van der Waals surface area contributed by atoms with Crippen molar-refractivity contribution in [3.05, 3.63) is 0 Å². The second-order valence-electron chi connectivity index (χ2n) is 5.35. The predicted octanol–water partition coefficient (Wildman–Crippen LogP) is -0.450. The number of aliphatic hydroxyl groups is 1. The molecule has 2 fully saturated rings. The lowest BCUT2D eigenvalue weighted by Crippen LogP contribution is -2.45. The summed E-state index contributed by atoms with van der Waals surface area (Å²) in [5, 5.41) is 18.6. The van der Waals surface area contributed by atoms with Gasteiger partial charge in [-0.05, 0) is 25.7 Å². The number of rotatable bonds is 2. The van der Waals surface area contributed by atoms with Gasteiger partial charge in [0.25, 0.3) is 0 Å². The van der Waals surface area contributed by atoms with Crippen LogP contribution in [0.1, 0.15) is 32.1 Å². The minimum atomic E-state index is -1.03. The molecule has 0 aromatic rings. The van der Waals surface area contributed by atoms with Crippen LogP contribution in [-0.2, 0) is 9.59 Å². The van der Waals surface area contributed by atoms with Crippen LogP contribution >= 0.6 is 0 Å². The van der Waals surface area contributed by atoms with Gasteiger partial charge in [0.05, 0.1) is 6.10 Å².